The summed E-state index contributed by atoms with van der Waals surface area (Å²) in [5.74, 6) is -1.37. The Labute approximate surface area is 178 Å². The van der Waals surface area contributed by atoms with Gasteiger partial charge in [-0.2, -0.15) is 0 Å². The zero-order valence-corrected chi connectivity index (χ0v) is 17.7. The lowest BCUT2D eigenvalue weighted by molar-refractivity contribution is -0.139. The van der Waals surface area contributed by atoms with Gasteiger partial charge in [-0.25, -0.2) is 14.2 Å². The summed E-state index contributed by atoms with van der Waals surface area (Å²) in [6.45, 7) is 1.95. The van der Waals surface area contributed by atoms with Crippen molar-refractivity contribution in [3.63, 3.8) is 0 Å². The minimum Gasteiger partial charge on any atom is -0.448 e. The van der Waals surface area contributed by atoms with Crippen LogP contribution in [0.4, 0.5) is 4.39 Å². The molecule has 6 nitrogen and oxygen atoms in total. The van der Waals surface area contributed by atoms with Crippen molar-refractivity contribution >= 4 is 23.6 Å². The fourth-order valence-electron chi connectivity index (χ4n) is 2.98. The van der Waals surface area contributed by atoms with Gasteiger partial charge in [0.1, 0.15) is 5.82 Å². The van der Waals surface area contributed by atoms with Crippen molar-refractivity contribution in [3.8, 4) is 5.69 Å². The number of thioether (sulfide) groups is 1. The molecule has 2 aromatic carbocycles. The van der Waals surface area contributed by atoms with Crippen LogP contribution in [0.25, 0.3) is 5.69 Å². The number of hydrogen-bond acceptors (Lipinski definition) is 5. The third kappa shape index (κ3) is 4.88. The quantitative estimate of drug-likeness (QED) is 0.422. The molecule has 0 fully saturated rings. The number of likely N-dealkylation sites (N-methyl/N-ethyl adjacent to an activating group) is 1. The molecule has 156 valence electrons. The van der Waals surface area contributed by atoms with E-state index in [2.05, 4.69) is 4.98 Å². The maximum atomic E-state index is 13.3. The van der Waals surface area contributed by atoms with Gasteiger partial charge in [0, 0.05) is 19.3 Å². The van der Waals surface area contributed by atoms with E-state index in [1.807, 2.05) is 36.6 Å². The smallest absolute Gasteiger partial charge is 0.357 e. The molecule has 1 amide bonds. The van der Waals surface area contributed by atoms with Gasteiger partial charge in [-0.05, 0) is 43.0 Å². The number of benzene rings is 2. The highest BCUT2D eigenvalue weighted by Gasteiger charge is 2.25. The molecule has 0 aliphatic heterocycles. The molecule has 0 radical (unpaired) electrons. The van der Waals surface area contributed by atoms with Crippen LogP contribution in [0.15, 0.2) is 66.0 Å². The Bertz CT molecular complexity index is 1020. The van der Waals surface area contributed by atoms with E-state index in [9.17, 15) is 14.0 Å². The van der Waals surface area contributed by atoms with E-state index >= 15 is 0 Å². The molecule has 30 heavy (non-hydrogen) atoms. The highest BCUT2D eigenvalue weighted by atomic mass is 32.2. The first-order chi connectivity index (χ1) is 14.4. The molecule has 0 N–H and O–H groups in total. The van der Waals surface area contributed by atoms with E-state index in [-0.39, 0.29) is 17.4 Å². The summed E-state index contributed by atoms with van der Waals surface area (Å²) in [7, 11) is 1.66. The molecule has 3 rings (SSSR count). The lowest BCUT2D eigenvalue weighted by Crippen LogP contribution is -2.37. The Balaban J connectivity index is 1.74. The number of nitrogens with zero attached hydrogens (tertiary/aromatic N) is 3. The molecule has 0 bridgehead atoms. The average molecular weight is 428 g/mol. The average Bonchev–Trinajstić information content (AvgIpc) is 3.18. The monoisotopic (exact) mass is 427 g/mol. The van der Waals surface area contributed by atoms with Crippen LogP contribution in [0.3, 0.4) is 0 Å². The van der Waals surface area contributed by atoms with Crippen molar-refractivity contribution in [2.24, 2.45) is 0 Å². The summed E-state index contributed by atoms with van der Waals surface area (Å²) in [5.41, 5.74) is 1.72. The topological polar surface area (TPSA) is 64.4 Å². The van der Waals surface area contributed by atoms with Crippen molar-refractivity contribution in [3.05, 3.63) is 77.9 Å². The Kier molecular flexibility index (Phi) is 6.89. The predicted molar refractivity (Wildman–Crippen MR) is 113 cm³/mol. The number of carbonyl (C=O) groups is 2. The number of ether oxygens (including phenoxy) is 1. The molecule has 3 aromatic rings. The minimum atomic E-state index is -0.972. The van der Waals surface area contributed by atoms with E-state index in [0.717, 1.165) is 5.56 Å². The van der Waals surface area contributed by atoms with E-state index in [0.29, 0.717) is 17.4 Å². The van der Waals surface area contributed by atoms with E-state index < -0.39 is 12.1 Å². The van der Waals surface area contributed by atoms with Crippen LogP contribution in [0.5, 0.6) is 0 Å². The Morgan fingerprint density at radius 1 is 1.17 bits per heavy atom. The number of imidazole rings is 1. The second-order valence-corrected chi connectivity index (χ2v) is 7.44. The summed E-state index contributed by atoms with van der Waals surface area (Å²) >= 11 is 1.34. The highest BCUT2D eigenvalue weighted by molar-refractivity contribution is 7.98. The van der Waals surface area contributed by atoms with Crippen molar-refractivity contribution in [2.75, 3.05) is 13.3 Å². The molecule has 0 saturated heterocycles. The molecule has 1 heterocycles. The zero-order valence-electron chi connectivity index (χ0n) is 16.9. The van der Waals surface area contributed by atoms with Crippen LogP contribution < -0.4 is 0 Å². The first kappa shape index (κ1) is 21.6. The molecule has 0 aliphatic carbocycles. The van der Waals surface area contributed by atoms with Crippen molar-refractivity contribution < 1.29 is 18.7 Å². The maximum Gasteiger partial charge on any atom is 0.357 e. The van der Waals surface area contributed by atoms with Crippen LogP contribution in [0.1, 0.15) is 23.0 Å². The maximum absolute atomic E-state index is 13.3. The van der Waals surface area contributed by atoms with Gasteiger partial charge in [-0.1, -0.05) is 42.1 Å². The molecular formula is C22H22FN3O3S. The fourth-order valence-corrected chi connectivity index (χ4v) is 3.52. The van der Waals surface area contributed by atoms with Gasteiger partial charge in [-0.3, -0.25) is 9.36 Å². The van der Waals surface area contributed by atoms with Gasteiger partial charge in [0.05, 0.1) is 6.20 Å². The molecule has 0 unspecified atom stereocenters. The number of carbonyl (C=O) groups excluding carboxylic acids is 2. The minimum absolute atomic E-state index is 0.163. The van der Waals surface area contributed by atoms with Crippen LogP contribution >= 0.6 is 11.8 Å². The fraction of sp³-hybridized carbons (Fsp3) is 0.227. The second kappa shape index (κ2) is 9.58. The molecule has 0 spiro atoms. The third-order valence-corrected chi connectivity index (χ3v) is 5.13. The predicted octanol–water partition coefficient (Wildman–Crippen LogP) is 3.94. The number of aromatic nitrogens is 2. The highest BCUT2D eigenvalue weighted by Crippen LogP contribution is 2.23. The number of hydrogen-bond donors (Lipinski definition) is 0. The van der Waals surface area contributed by atoms with Crippen LogP contribution in [0.2, 0.25) is 0 Å². The van der Waals surface area contributed by atoms with Crippen LogP contribution in [-0.4, -0.2) is 45.7 Å². The van der Waals surface area contributed by atoms with Gasteiger partial charge in [0.25, 0.3) is 5.91 Å². The summed E-state index contributed by atoms with van der Waals surface area (Å²) in [6, 6.07) is 15.3. The van der Waals surface area contributed by atoms with Crippen LogP contribution in [-0.2, 0) is 16.1 Å². The Hall–Kier alpha value is -3.13. The third-order valence-electron chi connectivity index (χ3n) is 4.48. The van der Waals surface area contributed by atoms with Gasteiger partial charge >= 0.3 is 5.97 Å². The molecule has 8 heteroatoms. The largest absolute Gasteiger partial charge is 0.448 e. The second-order valence-electron chi connectivity index (χ2n) is 6.67. The first-order valence-corrected chi connectivity index (χ1v) is 10.5. The zero-order chi connectivity index (χ0) is 21.7. The summed E-state index contributed by atoms with van der Waals surface area (Å²) in [6.07, 6.45) is 2.24. The first-order valence-electron chi connectivity index (χ1n) is 9.28. The van der Waals surface area contributed by atoms with Crippen LogP contribution in [0, 0.1) is 5.82 Å². The normalized spacial score (nSPS) is 11.7. The molecule has 0 saturated carbocycles. The SMILES string of the molecule is CSc1ncc(C(=O)O[C@@H](C)C(=O)N(C)Cc2ccccc2)n1-c1ccc(F)cc1. The van der Waals surface area contributed by atoms with Crippen molar-refractivity contribution in [1.29, 1.82) is 0 Å². The standard InChI is InChI=1S/C22H22FN3O3S/c1-15(20(27)25(2)14-16-7-5-4-6-8-16)29-21(28)19-13-24-22(30-3)26(19)18-11-9-17(23)10-12-18/h4-13,15H,14H2,1-3H3/t15-/m0/s1. The van der Waals surface area contributed by atoms with Crippen molar-refractivity contribution in [1.82, 2.24) is 14.5 Å². The van der Waals surface area contributed by atoms with Gasteiger partial charge in [0.2, 0.25) is 0 Å². The number of esters is 1. The van der Waals surface area contributed by atoms with E-state index in [1.54, 1.807) is 23.7 Å². The summed E-state index contributed by atoms with van der Waals surface area (Å²) in [5, 5.41) is 0.550. The van der Waals surface area contributed by atoms with Gasteiger partial charge in [-0.15, -0.1) is 0 Å². The summed E-state index contributed by atoms with van der Waals surface area (Å²) < 4.78 is 20.3. The molecule has 1 atom stereocenters. The number of halogens is 1. The molecule has 1 aromatic heterocycles. The van der Waals surface area contributed by atoms with E-state index in [1.165, 1.54) is 41.9 Å². The number of rotatable bonds is 7. The van der Waals surface area contributed by atoms with Crippen molar-refractivity contribution in [2.45, 2.75) is 24.7 Å². The van der Waals surface area contributed by atoms with Gasteiger partial charge < -0.3 is 9.64 Å². The Morgan fingerprint density at radius 2 is 1.83 bits per heavy atom. The van der Waals surface area contributed by atoms with E-state index in [4.69, 9.17) is 4.74 Å². The lowest BCUT2D eigenvalue weighted by atomic mass is 10.2. The number of amides is 1. The lowest BCUT2D eigenvalue weighted by Gasteiger charge is -2.21. The summed E-state index contributed by atoms with van der Waals surface area (Å²) in [4.78, 5) is 31.2. The molecular weight excluding hydrogens is 405 g/mol. The van der Waals surface area contributed by atoms with Gasteiger partial charge in [0.15, 0.2) is 17.0 Å². The molecule has 0 aliphatic rings. The Morgan fingerprint density at radius 3 is 2.47 bits per heavy atom.